The number of halogens is 1. The van der Waals surface area contributed by atoms with Crippen molar-refractivity contribution in [1.82, 2.24) is 0 Å². The van der Waals surface area contributed by atoms with E-state index in [9.17, 15) is 24.3 Å². The predicted molar refractivity (Wildman–Crippen MR) is 109 cm³/mol. The Balaban J connectivity index is 2.19. The number of Topliss-reactive ketones (excluding diaryl/α,β-unsaturated/α-hetero) is 1. The Morgan fingerprint density at radius 1 is 1.29 bits per heavy atom. The van der Waals surface area contributed by atoms with Crippen LogP contribution in [0, 0.1) is 11.8 Å². The molecule has 5 atom stereocenters. The van der Waals surface area contributed by atoms with E-state index in [2.05, 4.69) is 6.58 Å². The van der Waals surface area contributed by atoms with Crippen LogP contribution in [0.5, 0.6) is 0 Å². The Morgan fingerprint density at radius 3 is 2.52 bits per heavy atom. The van der Waals surface area contributed by atoms with Gasteiger partial charge in [0.15, 0.2) is 0 Å². The first-order valence-corrected chi connectivity index (χ1v) is 10.1. The molecule has 0 aromatic heterocycles. The topological polar surface area (TPSA) is 116 Å². The minimum absolute atomic E-state index is 0.0105. The molecule has 1 fully saturated rings. The summed E-state index contributed by atoms with van der Waals surface area (Å²) in [5, 5.41) is 11.2. The lowest BCUT2D eigenvalue weighted by Crippen LogP contribution is -2.43. The van der Waals surface area contributed by atoms with Gasteiger partial charge in [0.2, 0.25) is 5.78 Å². The van der Waals surface area contributed by atoms with Gasteiger partial charge < -0.3 is 19.3 Å². The van der Waals surface area contributed by atoms with E-state index >= 15 is 0 Å². The molecule has 3 aliphatic rings. The quantitative estimate of drug-likeness (QED) is 0.392. The van der Waals surface area contributed by atoms with Gasteiger partial charge in [-0.15, -0.1) is 0 Å². The van der Waals surface area contributed by atoms with Crippen LogP contribution in [0.15, 0.2) is 45.6 Å². The maximum atomic E-state index is 13.0. The van der Waals surface area contributed by atoms with Crippen LogP contribution in [0.3, 0.4) is 0 Å². The summed E-state index contributed by atoms with van der Waals surface area (Å²) < 4.78 is 16.2. The molecule has 0 spiro atoms. The van der Waals surface area contributed by atoms with Crippen molar-refractivity contribution in [3.63, 3.8) is 0 Å². The molecule has 3 rings (SSSR count). The third-order valence-corrected chi connectivity index (χ3v) is 6.42. The minimum atomic E-state index is -1.56. The van der Waals surface area contributed by atoms with E-state index in [1.165, 1.54) is 19.9 Å². The maximum Gasteiger partial charge on any atom is 0.334 e. The molecular weight excluding hydrogens is 428 g/mol. The molecule has 9 heteroatoms. The number of ether oxygens (including phenoxy) is 3. The smallest absolute Gasteiger partial charge is 0.334 e. The fraction of sp³-hybridized carbons (Fsp3) is 0.455. The van der Waals surface area contributed by atoms with Gasteiger partial charge in [-0.2, -0.15) is 0 Å². The van der Waals surface area contributed by atoms with E-state index < -0.39 is 60.4 Å². The molecule has 0 saturated carbocycles. The van der Waals surface area contributed by atoms with Crippen LogP contribution in [0.1, 0.15) is 27.7 Å². The van der Waals surface area contributed by atoms with Crippen LogP contribution < -0.4 is 0 Å². The van der Waals surface area contributed by atoms with Gasteiger partial charge in [0.25, 0.3) is 0 Å². The second-order valence-electron chi connectivity index (χ2n) is 7.73. The Hall–Kier alpha value is -2.71. The summed E-state index contributed by atoms with van der Waals surface area (Å²) in [4.78, 5) is 49.3. The number of fused-ring (bicyclic) bond motifs is 3. The van der Waals surface area contributed by atoms with Gasteiger partial charge in [-0.25, -0.2) is 9.59 Å². The first kappa shape index (κ1) is 23.0. The number of hydrogen-bond donors (Lipinski definition) is 1. The van der Waals surface area contributed by atoms with E-state index in [1.807, 2.05) is 0 Å². The zero-order chi connectivity index (χ0) is 23.2. The number of rotatable bonds is 4. The monoisotopic (exact) mass is 450 g/mol. The second-order valence-corrected chi connectivity index (χ2v) is 8.11. The van der Waals surface area contributed by atoms with Crippen molar-refractivity contribution in [2.45, 2.75) is 46.0 Å². The lowest BCUT2D eigenvalue weighted by Gasteiger charge is -2.30. The van der Waals surface area contributed by atoms with Crippen LogP contribution in [0.4, 0.5) is 0 Å². The molecule has 2 aliphatic carbocycles. The summed E-state index contributed by atoms with van der Waals surface area (Å²) >= 11 is 6.21. The molecule has 1 N–H and O–H groups in total. The fourth-order valence-electron chi connectivity index (χ4n) is 4.18. The lowest BCUT2D eigenvalue weighted by molar-refractivity contribution is -0.155. The van der Waals surface area contributed by atoms with E-state index in [-0.39, 0.29) is 27.3 Å². The SMILES string of the molecule is C=C1C(=O)O[C@H]2[C@@H]3C(C)=C(Cl)C(=O)C3=C(COC(C)=O)[C@H](O)[C@H](OC(=O)/C(C)=C/C)[C@@H]12. The molecule has 0 aromatic carbocycles. The Kier molecular flexibility index (Phi) is 6.25. The maximum absolute atomic E-state index is 13.0. The lowest BCUT2D eigenvalue weighted by atomic mass is 9.82. The van der Waals surface area contributed by atoms with Crippen molar-refractivity contribution in [3.05, 3.63) is 45.6 Å². The highest BCUT2D eigenvalue weighted by molar-refractivity contribution is 6.47. The first-order chi connectivity index (χ1) is 14.5. The summed E-state index contributed by atoms with van der Waals surface area (Å²) in [5.41, 5.74) is 0.873. The van der Waals surface area contributed by atoms with Gasteiger partial charge in [-0.3, -0.25) is 9.59 Å². The van der Waals surface area contributed by atoms with E-state index in [0.717, 1.165) is 0 Å². The first-order valence-electron chi connectivity index (χ1n) is 9.70. The summed E-state index contributed by atoms with van der Waals surface area (Å²) in [6.45, 7) is 9.35. The average molecular weight is 451 g/mol. The van der Waals surface area contributed by atoms with Gasteiger partial charge in [0, 0.05) is 35.1 Å². The normalized spacial score (nSPS) is 30.7. The predicted octanol–water partition coefficient (Wildman–Crippen LogP) is 1.91. The largest absolute Gasteiger partial charge is 0.461 e. The number of carbonyl (C=O) groups is 4. The van der Waals surface area contributed by atoms with Crippen LogP contribution >= 0.6 is 11.6 Å². The molecule has 1 heterocycles. The van der Waals surface area contributed by atoms with Crippen LogP contribution in [0.2, 0.25) is 0 Å². The molecule has 8 nitrogen and oxygen atoms in total. The molecule has 1 aliphatic heterocycles. The molecule has 0 aromatic rings. The van der Waals surface area contributed by atoms with Gasteiger partial charge in [0.1, 0.15) is 24.9 Å². The summed E-state index contributed by atoms with van der Waals surface area (Å²) in [6.07, 6.45) is -2.29. The third kappa shape index (κ3) is 3.74. The van der Waals surface area contributed by atoms with Gasteiger partial charge >= 0.3 is 17.9 Å². The van der Waals surface area contributed by atoms with Gasteiger partial charge in [-0.1, -0.05) is 24.3 Å². The van der Waals surface area contributed by atoms with Crippen molar-refractivity contribution < 1.29 is 38.5 Å². The zero-order valence-corrected chi connectivity index (χ0v) is 18.3. The Morgan fingerprint density at radius 2 is 1.94 bits per heavy atom. The highest BCUT2D eigenvalue weighted by Gasteiger charge is 2.58. The Labute approximate surface area is 184 Å². The number of esters is 3. The number of aliphatic hydroxyl groups is 1. The highest BCUT2D eigenvalue weighted by Crippen LogP contribution is 2.50. The van der Waals surface area contributed by atoms with Crippen LogP contribution in [0.25, 0.3) is 0 Å². The highest BCUT2D eigenvalue weighted by atomic mass is 35.5. The third-order valence-electron chi connectivity index (χ3n) is 5.96. The van der Waals surface area contributed by atoms with E-state index in [1.54, 1.807) is 13.8 Å². The van der Waals surface area contributed by atoms with E-state index in [0.29, 0.717) is 5.57 Å². The van der Waals surface area contributed by atoms with E-state index in [4.69, 9.17) is 25.8 Å². The van der Waals surface area contributed by atoms with Gasteiger partial charge in [-0.05, 0) is 26.3 Å². The second kappa shape index (κ2) is 8.43. The summed E-state index contributed by atoms with van der Waals surface area (Å²) in [6, 6.07) is 0. The van der Waals surface area contributed by atoms with Crippen LogP contribution in [-0.2, 0) is 33.4 Å². The number of allylic oxidation sites excluding steroid dienone is 2. The van der Waals surface area contributed by atoms with Gasteiger partial charge in [0.05, 0.1) is 11.0 Å². The molecule has 0 unspecified atom stereocenters. The van der Waals surface area contributed by atoms with Crippen molar-refractivity contribution in [3.8, 4) is 0 Å². The van der Waals surface area contributed by atoms with Crippen molar-refractivity contribution in [1.29, 1.82) is 0 Å². The van der Waals surface area contributed by atoms with Crippen LogP contribution in [-0.4, -0.2) is 53.7 Å². The van der Waals surface area contributed by atoms with Crippen molar-refractivity contribution in [2.24, 2.45) is 11.8 Å². The molecule has 0 bridgehead atoms. The molecular formula is C22H23ClO8. The number of hydrogen-bond acceptors (Lipinski definition) is 8. The molecule has 0 amide bonds. The summed E-state index contributed by atoms with van der Waals surface area (Å²) in [5.74, 6) is -4.34. The standard InChI is InChI=1S/C22H23ClO8/c1-6-8(2)21(27)31-20-14-10(4)22(28)30-19(14)13-9(3)16(23)18(26)15(13)12(17(20)25)7-29-11(5)24/h6,13-14,17,19-20,25H,4,7H2,1-3,5H3/b8-6+/t13-,14+,17+,19+,20-/m1/s1. The van der Waals surface area contributed by atoms with Crippen molar-refractivity contribution >= 4 is 35.3 Å². The fourth-order valence-corrected chi connectivity index (χ4v) is 4.40. The zero-order valence-electron chi connectivity index (χ0n) is 17.6. The molecule has 1 saturated heterocycles. The minimum Gasteiger partial charge on any atom is -0.461 e. The van der Waals surface area contributed by atoms with Crippen molar-refractivity contribution in [2.75, 3.05) is 6.61 Å². The molecule has 0 radical (unpaired) electrons. The number of ketones is 1. The molecule has 31 heavy (non-hydrogen) atoms. The number of carbonyl (C=O) groups excluding carboxylic acids is 4. The number of aliphatic hydroxyl groups excluding tert-OH is 1. The summed E-state index contributed by atoms with van der Waals surface area (Å²) in [7, 11) is 0. The average Bonchev–Trinajstić information content (AvgIpc) is 3.09. The Bertz CT molecular complexity index is 985. The molecule has 166 valence electrons.